The van der Waals surface area contributed by atoms with Crippen molar-refractivity contribution in [2.45, 2.75) is 20.3 Å². The van der Waals surface area contributed by atoms with Crippen molar-refractivity contribution in [3.8, 4) is 28.0 Å². The second kappa shape index (κ2) is 10.4. The largest absolute Gasteiger partial charge is 0.494 e. The Morgan fingerprint density at radius 3 is 1.79 bits per heavy atom. The van der Waals surface area contributed by atoms with E-state index in [1.807, 2.05) is 38.1 Å². The highest BCUT2D eigenvalue weighted by Gasteiger charge is 2.16. The van der Waals surface area contributed by atoms with Gasteiger partial charge in [0.1, 0.15) is 11.6 Å². The number of aryl methyl sites for hydroxylation is 1. The van der Waals surface area contributed by atoms with Gasteiger partial charge < -0.3 is 4.74 Å². The number of halogens is 3. The molecule has 0 radical (unpaired) electrons. The first kappa shape index (κ1) is 23.4. The Hall–Kier alpha value is -3.79. The Morgan fingerprint density at radius 1 is 0.676 bits per heavy atom. The highest BCUT2D eigenvalue weighted by atomic mass is 19.2. The van der Waals surface area contributed by atoms with E-state index in [0.29, 0.717) is 29.0 Å². The highest BCUT2D eigenvalue weighted by molar-refractivity contribution is 5.75. The standard InChI is InChI=1S/C30H25F3O/c1-3-20-5-10-22(11-6-20)26-17-18-27(30(33)29(26)32)23-12-7-21(8-13-23)9-14-24-15-16-25(34-4-2)19-28(24)31/h5-19H,3-4H2,1-2H3. The molecule has 0 aliphatic heterocycles. The van der Waals surface area contributed by atoms with Crippen LogP contribution in [0.25, 0.3) is 34.4 Å². The van der Waals surface area contributed by atoms with Gasteiger partial charge in [-0.1, -0.05) is 79.7 Å². The molecule has 34 heavy (non-hydrogen) atoms. The normalized spacial score (nSPS) is 11.2. The van der Waals surface area contributed by atoms with Gasteiger partial charge in [0.15, 0.2) is 11.6 Å². The van der Waals surface area contributed by atoms with E-state index in [1.54, 1.807) is 60.7 Å². The monoisotopic (exact) mass is 458 g/mol. The topological polar surface area (TPSA) is 9.23 Å². The van der Waals surface area contributed by atoms with Crippen molar-refractivity contribution < 1.29 is 17.9 Å². The van der Waals surface area contributed by atoms with Crippen molar-refractivity contribution in [1.82, 2.24) is 0 Å². The van der Waals surface area contributed by atoms with Crippen LogP contribution in [0.15, 0.2) is 78.9 Å². The summed E-state index contributed by atoms with van der Waals surface area (Å²) in [6.45, 7) is 4.36. The average molecular weight is 459 g/mol. The fourth-order valence-corrected chi connectivity index (χ4v) is 3.77. The van der Waals surface area contributed by atoms with Crippen LogP contribution in [-0.4, -0.2) is 6.61 Å². The number of rotatable bonds is 7. The van der Waals surface area contributed by atoms with E-state index in [1.165, 1.54) is 6.07 Å². The highest BCUT2D eigenvalue weighted by Crippen LogP contribution is 2.32. The molecular formula is C30H25F3O. The van der Waals surface area contributed by atoms with Gasteiger partial charge in [-0.05, 0) is 47.7 Å². The van der Waals surface area contributed by atoms with Crippen LogP contribution in [0.2, 0.25) is 0 Å². The van der Waals surface area contributed by atoms with E-state index >= 15 is 0 Å². The third-order valence-electron chi connectivity index (χ3n) is 5.72. The van der Waals surface area contributed by atoms with E-state index in [2.05, 4.69) is 0 Å². The number of ether oxygens (including phenoxy) is 1. The van der Waals surface area contributed by atoms with E-state index < -0.39 is 11.6 Å². The van der Waals surface area contributed by atoms with E-state index in [4.69, 9.17) is 4.74 Å². The zero-order chi connectivity index (χ0) is 24.1. The first-order valence-electron chi connectivity index (χ1n) is 11.3. The summed E-state index contributed by atoms with van der Waals surface area (Å²) in [5, 5.41) is 0. The molecule has 0 spiro atoms. The predicted molar refractivity (Wildman–Crippen MR) is 133 cm³/mol. The summed E-state index contributed by atoms with van der Waals surface area (Å²) in [5.41, 5.74) is 4.02. The van der Waals surface area contributed by atoms with Crippen molar-refractivity contribution in [2.24, 2.45) is 0 Å². The van der Waals surface area contributed by atoms with E-state index in [0.717, 1.165) is 17.5 Å². The molecule has 4 aromatic rings. The van der Waals surface area contributed by atoms with E-state index in [-0.39, 0.29) is 16.9 Å². The first-order valence-corrected chi connectivity index (χ1v) is 11.3. The lowest BCUT2D eigenvalue weighted by molar-refractivity contribution is 0.338. The first-order chi connectivity index (χ1) is 16.5. The second-order valence-electron chi connectivity index (χ2n) is 7.91. The molecule has 0 saturated heterocycles. The average Bonchev–Trinajstić information content (AvgIpc) is 2.86. The molecule has 4 aromatic carbocycles. The van der Waals surface area contributed by atoms with Crippen LogP contribution in [-0.2, 0) is 6.42 Å². The molecule has 0 heterocycles. The fraction of sp³-hybridized carbons (Fsp3) is 0.133. The van der Waals surface area contributed by atoms with Gasteiger partial charge in [0.25, 0.3) is 0 Å². The molecule has 0 aliphatic rings. The lowest BCUT2D eigenvalue weighted by atomic mass is 9.97. The van der Waals surface area contributed by atoms with E-state index in [9.17, 15) is 13.2 Å². The van der Waals surface area contributed by atoms with Crippen molar-refractivity contribution in [3.05, 3.63) is 113 Å². The molecular weight excluding hydrogens is 433 g/mol. The van der Waals surface area contributed by atoms with Crippen molar-refractivity contribution in [1.29, 1.82) is 0 Å². The number of hydrogen-bond acceptors (Lipinski definition) is 1. The second-order valence-corrected chi connectivity index (χ2v) is 7.91. The maximum Gasteiger partial charge on any atom is 0.167 e. The Labute approximate surface area is 198 Å². The lowest BCUT2D eigenvalue weighted by Crippen LogP contribution is -1.94. The summed E-state index contributed by atoms with van der Waals surface area (Å²) in [6.07, 6.45) is 4.32. The Balaban J connectivity index is 1.54. The summed E-state index contributed by atoms with van der Waals surface area (Å²) < 4.78 is 49.4. The molecule has 0 saturated carbocycles. The van der Waals surface area contributed by atoms with Crippen molar-refractivity contribution >= 4 is 12.2 Å². The van der Waals surface area contributed by atoms with Crippen LogP contribution in [0, 0.1) is 17.5 Å². The van der Waals surface area contributed by atoms with Gasteiger partial charge in [0, 0.05) is 22.8 Å². The maximum absolute atomic E-state index is 14.9. The summed E-state index contributed by atoms with van der Waals surface area (Å²) >= 11 is 0. The van der Waals surface area contributed by atoms with Gasteiger partial charge in [0.05, 0.1) is 6.61 Å². The van der Waals surface area contributed by atoms with Crippen LogP contribution in [0.1, 0.15) is 30.5 Å². The molecule has 0 aliphatic carbocycles. The Kier molecular flexibility index (Phi) is 7.17. The molecule has 0 bridgehead atoms. The molecule has 172 valence electrons. The Morgan fingerprint density at radius 2 is 1.26 bits per heavy atom. The van der Waals surface area contributed by atoms with Crippen molar-refractivity contribution in [2.75, 3.05) is 6.61 Å². The quantitative estimate of drug-likeness (QED) is 0.252. The third kappa shape index (κ3) is 5.07. The zero-order valence-electron chi connectivity index (χ0n) is 19.1. The molecule has 0 amide bonds. The predicted octanol–water partition coefficient (Wildman–Crippen LogP) is 8.57. The minimum Gasteiger partial charge on any atom is -0.494 e. The van der Waals surface area contributed by atoms with Crippen molar-refractivity contribution in [3.63, 3.8) is 0 Å². The molecule has 4 rings (SSSR count). The molecule has 0 fully saturated rings. The molecule has 4 heteroatoms. The fourth-order valence-electron chi connectivity index (χ4n) is 3.77. The molecule has 0 atom stereocenters. The molecule has 0 aromatic heterocycles. The summed E-state index contributed by atoms with van der Waals surface area (Å²) in [6, 6.07) is 22.4. The molecule has 0 N–H and O–H groups in total. The maximum atomic E-state index is 14.9. The summed E-state index contributed by atoms with van der Waals surface area (Å²) in [4.78, 5) is 0. The summed E-state index contributed by atoms with van der Waals surface area (Å²) in [5.74, 6) is -1.63. The van der Waals surface area contributed by atoms with Crippen LogP contribution in [0.5, 0.6) is 5.75 Å². The lowest BCUT2D eigenvalue weighted by Gasteiger charge is -2.10. The zero-order valence-corrected chi connectivity index (χ0v) is 19.1. The SMILES string of the molecule is CCOc1ccc(C=Cc2ccc(-c3ccc(-c4ccc(CC)cc4)c(F)c3F)cc2)c(F)c1. The third-order valence-corrected chi connectivity index (χ3v) is 5.72. The summed E-state index contributed by atoms with van der Waals surface area (Å²) in [7, 11) is 0. The van der Waals surface area contributed by atoms with Crippen LogP contribution in [0.3, 0.4) is 0 Å². The number of benzene rings is 4. The van der Waals surface area contributed by atoms with Gasteiger partial charge >= 0.3 is 0 Å². The number of hydrogen-bond donors (Lipinski definition) is 0. The van der Waals surface area contributed by atoms with Crippen LogP contribution in [0.4, 0.5) is 13.2 Å². The Bertz CT molecular complexity index is 1310. The van der Waals surface area contributed by atoms with Crippen LogP contribution < -0.4 is 4.74 Å². The van der Waals surface area contributed by atoms with Gasteiger partial charge in [-0.3, -0.25) is 0 Å². The van der Waals surface area contributed by atoms with Gasteiger partial charge in [-0.15, -0.1) is 0 Å². The van der Waals surface area contributed by atoms with Gasteiger partial charge in [-0.2, -0.15) is 0 Å². The van der Waals surface area contributed by atoms with Crippen LogP contribution >= 0.6 is 0 Å². The van der Waals surface area contributed by atoms with Gasteiger partial charge in [0.2, 0.25) is 0 Å². The minimum absolute atomic E-state index is 0.194. The smallest absolute Gasteiger partial charge is 0.167 e. The molecule has 0 unspecified atom stereocenters. The molecule has 1 nitrogen and oxygen atoms in total. The minimum atomic E-state index is -0.878. The van der Waals surface area contributed by atoms with Gasteiger partial charge in [-0.25, -0.2) is 13.2 Å².